The van der Waals surface area contributed by atoms with E-state index < -0.39 is 18.1 Å². The fraction of sp³-hybridized carbons (Fsp3) is 0.182. The first-order valence-corrected chi connectivity index (χ1v) is 5.27. The lowest BCUT2D eigenvalue weighted by atomic mass is 10.2. The van der Waals surface area contributed by atoms with Crippen LogP contribution in [0.1, 0.15) is 12.0 Å². The molecular weight excluding hydrogens is 280 g/mol. The molecule has 0 saturated heterocycles. The van der Waals surface area contributed by atoms with E-state index >= 15 is 0 Å². The van der Waals surface area contributed by atoms with Crippen molar-refractivity contribution >= 4 is 29.0 Å². The molecule has 0 amide bonds. The van der Waals surface area contributed by atoms with Gasteiger partial charge in [-0.15, -0.1) is 0 Å². The standard InChI is InChI=1S/C11H8ClF2N3O2/c1-19-11(18)9(5-15)17-16-6-2-3-8(12)7(4-6)10(13)14/h2-4,10,16H,1H3/b17-9-. The third-order valence-electron chi connectivity index (χ3n) is 2.01. The number of carbonyl (C=O) groups excluding carboxylic acids is 1. The second kappa shape index (κ2) is 6.66. The highest BCUT2D eigenvalue weighted by Gasteiger charge is 2.13. The first-order valence-electron chi connectivity index (χ1n) is 4.89. The molecule has 0 saturated carbocycles. The van der Waals surface area contributed by atoms with Crippen LogP contribution in [-0.4, -0.2) is 18.8 Å². The molecule has 8 heteroatoms. The first-order chi connectivity index (χ1) is 8.99. The van der Waals surface area contributed by atoms with Gasteiger partial charge in [0.2, 0.25) is 5.71 Å². The van der Waals surface area contributed by atoms with Gasteiger partial charge in [0.05, 0.1) is 12.8 Å². The van der Waals surface area contributed by atoms with Crippen molar-refractivity contribution in [3.05, 3.63) is 28.8 Å². The molecule has 1 aromatic rings. The van der Waals surface area contributed by atoms with E-state index in [0.717, 1.165) is 13.2 Å². The molecule has 1 rings (SSSR count). The quantitative estimate of drug-likeness (QED) is 0.525. The zero-order valence-corrected chi connectivity index (χ0v) is 10.4. The van der Waals surface area contributed by atoms with Crippen molar-refractivity contribution in [3.63, 3.8) is 0 Å². The molecule has 0 unspecified atom stereocenters. The molecule has 0 heterocycles. The summed E-state index contributed by atoms with van der Waals surface area (Å²) in [6, 6.07) is 5.22. The molecule has 0 fully saturated rings. The van der Waals surface area contributed by atoms with Gasteiger partial charge in [0.25, 0.3) is 6.43 Å². The largest absolute Gasteiger partial charge is 0.464 e. The van der Waals surface area contributed by atoms with Crippen molar-refractivity contribution in [2.75, 3.05) is 12.5 Å². The van der Waals surface area contributed by atoms with Gasteiger partial charge in [-0.05, 0) is 18.2 Å². The number of nitrogens with zero attached hydrogens (tertiary/aromatic N) is 2. The van der Waals surface area contributed by atoms with E-state index in [-0.39, 0.29) is 16.3 Å². The van der Waals surface area contributed by atoms with E-state index in [2.05, 4.69) is 15.3 Å². The zero-order valence-electron chi connectivity index (χ0n) is 9.65. The third kappa shape index (κ3) is 3.89. The number of esters is 1. The Hall–Kier alpha value is -2.20. The highest BCUT2D eigenvalue weighted by Crippen LogP contribution is 2.29. The van der Waals surface area contributed by atoms with Crippen molar-refractivity contribution in [1.82, 2.24) is 0 Å². The number of hydrazone groups is 1. The van der Waals surface area contributed by atoms with Gasteiger partial charge < -0.3 is 4.74 Å². The van der Waals surface area contributed by atoms with Crippen LogP contribution in [0.25, 0.3) is 0 Å². The maximum atomic E-state index is 12.6. The monoisotopic (exact) mass is 287 g/mol. The molecule has 5 nitrogen and oxygen atoms in total. The molecule has 0 aliphatic carbocycles. The number of hydrogen-bond donors (Lipinski definition) is 1. The summed E-state index contributed by atoms with van der Waals surface area (Å²) in [6.45, 7) is 0. The molecule has 1 aromatic carbocycles. The van der Waals surface area contributed by atoms with Gasteiger partial charge in [-0.2, -0.15) is 10.4 Å². The van der Waals surface area contributed by atoms with Crippen molar-refractivity contribution in [2.24, 2.45) is 5.10 Å². The number of hydrogen-bond acceptors (Lipinski definition) is 5. The van der Waals surface area contributed by atoms with Gasteiger partial charge in [-0.1, -0.05) is 11.6 Å². The Balaban J connectivity index is 2.95. The summed E-state index contributed by atoms with van der Waals surface area (Å²) in [7, 11) is 1.09. The minimum atomic E-state index is -2.74. The normalized spacial score (nSPS) is 11.1. The SMILES string of the molecule is COC(=O)/C(C#N)=N\Nc1ccc(Cl)c(C(F)F)c1. The molecule has 19 heavy (non-hydrogen) atoms. The molecule has 0 spiro atoms. The van der Waals surface area contributed by atoms with Gasteiger partial charge in [0, 0.05) is 10.6 Å². The van der Waals surface area contributed by atoms with Crippen molar-refractivity contribution in [2.45, 2.75) is 6.43 Å². The summed E-state index contributed by atoms with van der Waals surface area (Å²) < 4.78 is 29.5. The van der Waals surface area contributed by atoms with Crippen molar-refractivity contribution in [3.8, 4) is 6.07 Å². The highest BCUT2D eigenvalue weighted by molar-refractivity contribution is 6.43. The van der Waals surface area contributed by atoms with Crippen LogP contribution in [0.5, 0.6) is 0 Å². The van der Waals surface area contributed by atoms with Crippen LogP contribution in [0.3, 0.4) is 0 Å². The number of nitrogens with one attached hydrogen (secondary N) is 1. The second-order valence-corrected chi connectivity index (χ2v) is 3.62. The lowest BCUT2D eigenvalue weighted by Crippen LogP contribution is -2.15. The number of benzene rings is 1. The van der Waals surface area contributed by atoms with Crippen LogP contribution in [-0.2, 0) is 9.53 Å². The van der Waals surface area contributed by atoms with E-state index in [1.807, 2.05) is 0 Å². The van der Waals surface area contributed by atoms with E-state index in [1.165, 1.54) is 18.2 Å². The number of methoxy groups -OCH3 is 1. The maximum absolute atomic E-state index is 12.6. The lowest BCUT2D eigenvalue weighted by molar-refractivity contribution is -0.132. The van der Waals surface area contributed by atoms with E-state index in [9.17, 15) is 13.6 Å². The van der Waals surface area contributed by atoms with Gasteiger partial charge >= 0.3 is 5.97 Å². The summed E-state index contributed by atoms with van der Waals surface area (Å²) in [5.41, 5.74) is 1.56. The van der Waals surface area contributed by atoms with Crippen LogP contribution >= 0.6 is 11.6 Å². The average Bonchev–Trinajstić information content (AvgIpc) is 2.40. The fourth-order valence-electron chi connectivity index (χ4n) is 1.11. The van der Waals surface area contributed by atoms with Gasteiger partial charge in [0.15, 0.2) is 0 Å². The highest BCUT2D eigenvalue weighted by atomic mass is 35.5. The van der Waals surface area contributed by atoms with Crippen molar-refractivity contribution in [1.29, 1.82) is 5.26 Å². The molecule has 0 atom stereocenters. The third-order valence-corrected chi connectivity index (χ3v) is 2.36. The van der Waals surface area contributed by atoms with Crippen LogP contribution < -0.4 is 5.43 Å². The number of carbonyl (C=O) groups is 1. The summed E-state index contributed by atoms with van der Waals surface area (Å²) >= 11 is 5.58. The number of anilines is 1. The number of nitriles is 1. The molecule has 0 aromatic heterocycles. The molecule has 1 N–H and O–H groups in total. The topological polar surface area (TPSA) is 74.5 Å². The Bertz CT molecular complexity index is 555. The molecule has 0 aliphatic rings. The number of rotatable bonds is 4. The van der Waals surface area contributed by atoms with Crippen LogP contribution in [0.4, 0.5) is 14.5 Å². The second-order valence-electron chi connectivity index (χ2n) is 3.21. The van der Waals surface area contributed by atoms with Crippen LogP contribution in [0, 0.1) is 11.3 Å². The zero-order chi connectivity index (χ0) is 14.4. The Morgan fingerprint density at radius 2 is 2.26 bits per heavy atom. The predicted octanol–water partition coefficient (Wildman–Crippen LogP) is 2.74. The smallest absolute Gasteiger partial charge is 0.369 e. The van der Waals surface area contributed by atoms with Gasteiger partial charge in [-0.25, -0.2) is 13.6 Å². The summed E-state index contributed by atoms with van der Waals surface area (Å²) in [5.74, 6) is -0.932. The Morgan fingerprint density at radius 3 is 2.79 bits per heavy atom. The van der Waals surface area contributed by atoms with Crippen LogP contribution in [0.2, 0.25) is 5.02 Å². The average molecular weight is 288 g/mol. The number of alkyl halides is 2. The Morgan fingerprint density at radius 1 is 1.58 bits per heavy atom. The maximum Gasteiger partial charge on any atom is 0.369 e. The molecule has 0 bridgehead atoms. The summed E-state index contributed by atoms with van der Waals surface area (Å²) in [4.78, 5) is 11.0. The Kier molecular flexibility index (Phi) is 5.21. The van der Waals surface area contributed by atoms with Crippen molar-refractivity contribution < 1.29 is 18.3 Å². The molecule has 0 aliphatic heterocycles. The molecular formula is C11H8ClF2N3O2. The van der Waals surface area contributed by atoms with E-state index in [0.29, 0.717) is 0 Å². The number of halogens is 3. The molecule has 0 radical (unpaired) electrons. The predicted molar refractivity (Wildman–Crippen MR) is 65.1 cm³/mol. The summed E-state index contributed by atoms with van der Waals surface area (Å²) in [5, 5.41) is 12.0. The first kappa shape index (κ1) is 14.9. The van der Waals surface area contributed by atoms with Crippen LogP contribution in [0.15, 0.2) is 23.3 Å². The molecule has 100 valence electrons. The Labute approximate surface area is 112 Å². The summed E-state index contributed by atoms with van der Waals surface area (Å²) in [6.07, 6.45) is -2.74. The minimum Gasteiger partial charge on any atom is -0.464 e. The van der Waals surface area contributed by atoms with Gasteiger partial charge in [-0.3, -0.25) is 5.43 Å². The number of ether oxygens (including phenoxy) is 1. The van der Waals surface area contributed by atoms with E-state index in [1.54, 1.807) is 0 Å². The van der Waals surface area contributed by atoms with Gasteiger partial charge in [0.1, 0.15) is 6.07 Å². The fourth-order valence-corrected chi connectivity index (χ4v) is 1.31. The lowest BCUT2D eigenvalue weighted by Gasteiger charge is -2.06. The minimum absolute atomic E-state index is 0.0852. The van der Waals surface area contributed by atoms with E-state index in [4.69, 9.17) is 16.9 Å².